The van der Waals surface area contributed by atoms with Gasteiger partial charge in [-0.3, -0.25) is 8.37 Å². The number of hydrogen-bond acceptors (Lipinski definition) is 8. The van der Waals surface area contributed by atoms with Crippen LogP contribution in [0.4, 0.5) is 0 Å². The molecule has 2 aliphatic rings. The highest BCUT2D eigenvalue weighted by atomic mass is 32.2. The lowest BCUT2D eigenvalue weighted by Crippen LogP contribution is -2.64. The van der Waals surface area contributed by atoms with Gasteiger partial charge in [-0.15, -0.1) is 0 Å². The molecular weight excluding hydrogens is 458 g/mol. The molecule has 0 aliphatic carbocycles. The van der Waals surface area contributed by atoms with Gasteiger partial charge in [-0.1, -0.05) is 35.9 Å². The Balaban J connectivity index is 1.71. The third-order valence-electron chi connectivity index (χ3n) is 5.41. The molecule has 0 amide bonds. The Kier molecular flexibility index (Phi) is 6.75. The summed E-state index contributed by atoms with van der Waals surface area (Å²) >= 11 is -2.08. The summed E-state index contributed by atoms with van der Waals surface area (Å²) in [7, 11) is -2.59. The van der Waals surface area contributed by atoms with E-state index in [2.05, 4.69) is 0 Å². The Bertz CT molecular complexity index is 1090. The van der Waals surface area contributed by atoms with E-state index in [0.717, 1.165) is 5.56 Å². The molecule has 2 saturated heterocycles. The number of ether oxygens (including phenoxy) is 2. The number of esters is 1. The SMILES string of the molecule is COC[C@@H]1[C@@H](OC(=O)c2ccccc2)[C@@H]2OS(=O)O[C@@H]2CN1S(=O)(=O)c1ccc(C)cc1. The molecule has 4 rings (SSSR count). The van der Waals surface area contributed by atoms with Crippen molar-refractivity contribution < 1.29 is 35.3 Å². The van der Waals surface area contributed by atoms with Crippen LogP contribution in [-0.4, -0.2) is 67.5 Å². The Morgan fingerprint density at radius 2 is 1.81 bits per heavy atom. The molecule has 0 N–H and O–H groups in total. The molecule has 5 atom stereocenters. The van der Waals surface area contributed by atoms with Crippen LogP contribution in [0.3, 0.4) is 0 Å². The number of benzene rings is 2. The third kappa shape index (κ3) is 4.49. The Hall–Kier alpha value is -2.15. The lowest BCUT2D eigenvalue weighted by molar-refractivity contribution is -0.0869. The average Bonchev–Trinajstić information content (AvgIpc) is 3.16. The normalized spacial score (nSPS) is 28.2. The van der Waals surface area contributed by atoms with Gasteiger partial charge in [0, 0.05) is 13.7 Å². The van der Waals surface area contributed by atoms with Crippen molar-refractivity contribution in [2.75, 3.05) is 20.3 Å². The zero-order valence-electron chi connectivity index (χ0n) is 17.4. The summed E-state index contributed by atoms with van der Waals surface area (Å²) in [5.74, 6) is -0.661. The zero-order chi connectivity index (χ0) is 22.9. The summed E-state index contributed by atoms with van der Waals surface area (Å²) in [6.45, 7) is 1.66. The molecule has 11 heteroatoms. The number of fused-ring (bicyclic) bond motifs is 1. The summed E-state index contributed by atoms with van der Waals surface area (Å²) in [5.41, 5.74) is 1.20. The van der Waals surface area contributed by atoms with Gasteiger partial charge in [0.2, 0.25) is 10.0 Å². The molecule has 0 saturated carbocycles. The molecular formula is C21H23NO8S2. The first-order valence-corrected chi connectivity index (χ1v) is 12.3. The van der Waals surface area contributed by atoms with Gasteiger partial charge in [0.25, 0.3) is 0 Å². The van der Waals surface area contributed by atoms with E-state index in [4.69, 9.17) is 17.8 Å². The lowest BCUT2D eigenvalue weighted by Gasteiger charge is -2.43. The maximum atomic E-state index is 13.5. The Morgan fingerprint density at radius 1 is 1.12 bits per heavy atom. The molecule has 9 nitrogen and oxygen atoms in total. The highest BCUT2D eigenvalue weighted by Crippen LogP contribution is 2.35. The third-order valence-corrected chi connectivity index (χ3v) is 8.10. The number of rotatable bonds is 6. The summed E-state index contributed by atoms with van der Waals surface area (Å²) in [4.78, 5) is 12.9. The fourth-order valence-electron chi connectivity index (χ4n) is 3.81. The summed E-state index contributed by atoms with van der Waals surface area (Å²) < 4.78 is 61.8. The van der Waals surface area contributed by atoms with Crippen LogP contribution in [-0.2, 0) is 39.2 Å². The predicted octanol–water partition coefficient (Wildman–Crippen LogP) is 1.60. The van der Waals surface area contributed by atoms with Gasteiger partial charge in [0.15, 0.2) is 6.10 Å². The number of aryl methyl sites for hydroxylation is 1. The second-order valence-corrected chi connectivity index (χ2v) is 10.2. The molecule has 172 valence electrons. The van der Waals surface area contributed by atoms with E-state index in [9.17, 15) is 17.4 Å². The zero-order valence-corrected chi connectivity index (χ0v) is 19.1. The highest BCUT2D eigenvalue weighted by molar-refractivity contribution is 7.89. The number of methoxy groups -OCH3 is 1. The molecule has 32 heavy (non-hydrogen) atoms. The van der Waals surface area contributed by atoms with Crippen molar-refractivity contribution in [3.05, 3.63) is 65.7 Å². The van der Waals surface area contributed by atoms with Crippen molar-refractivity contribution in [2.45, 2.75) is 36.2 Å². The fourth-order valence-corrected chi connectivity index (χ4v) is 6.27. The summed E-state index contributed by atoms with van der Waals surface area (Å²) in [5, 5.41) is 0. The van der Waals surface area contributed by atoms with Gasteiger partial charge in [-0.25, -0.2) is 13.2 Å². The molecule has 2 aromatic carbocycles. The molecule has 2 aliphatic heterocycles. The predicted molar refractivity (Wildman–Crippen MR) is 114 cm³/mol. The topological polar surface area (TPSA) is 108 Å². The van der Waals surface area contributed by atoms with Crippen LogP contribution in [0, 0.1) is 6.92 Å². The minimum Gasteiger partial charge on any atom is -0.454 e. The molecule has 1 unspecified atom stereocenters. The average molecular weight is 482 g/mol. The van der Waals surface area contributed by atoms with Crippen molar-refractivity contribution in [3.8, 4) is 0 Å². The first-order chi connectivity index (χ1) is 15.3. The van der Waals surface area contributed by atoms with Crippen LogP contribution in [0.1, 0.15) is 15.9 Å². The van der Waals surface area contributed by atoms with Crippen LogP contribution in [0.25, 0.3) is 0 Å². The standard InChI is InChI=1S/C21H23NO8S2/c1-14-8-10-16(11-9-14)32(25,26)22-12-18-20(30-31(24)29-18)19(17(22)13-27-2)28-21(23)15-6-4-3-5-7-15/h3-11,17-20H,12-13H2,1-2H3/t17-,18-,19-,20-,31?/m1/s1. The largest absolute Gasteiger partial charge is 0.454 e. The maximum Gasteiger partial charge on any atom is 0.338 e. The van der Waals surface area contributed by atoms with Crippen molar-refractivity contribution in [3.63, 3.8) is 0 Å². The lowest BCUT2D eigenvalue weighted by atomic mass is 9.96. The quantitative estimate of drug-likeness (QED) is 0.573. The van der Waals surface area contributed by atoms with Crippen LogP contribution in [0.5, 0.6) is 0 Å². The van der Waals surface area contributed by atoms with E-state index in [-0.39, 0.29) is 18.0 Å². The van der Waals surface area contributed by atoms with Crippen molar-refractivity contribution in [1.29, 1.82) is 0 Å². The first kappa shape index (κ1) is 23.0. The van der Waals surface area contributed by atoms with Crippen LogP contribution >= 0.6 is 0 Å². The Morgan fingerprint density at radius 3 is 2.47 bits per heavy atom. The molecule has 2 fully saturated rings. The molecule has 2 heterocycles. The van der Waals surface area contributed by atoms with E-state index >= 15 is 0 Å². The number of carbonyl (C=O) groups is 1. The van der Waals surface area contributed by atoms with Crippen LogP contribution in [0.15, 0.2) is 59.5 Å². The van der Waals surface area contributed by atoms with Crippen LogP contribution < -0.4 is 0 Å². The second-order valence-electron chi connectivity index (χ2n) is 7.55. The Labute approximate surface area is 189 Å². The summed E-state index contributed by atoms with van der Waals surface area (Å²) in [6, 6.07) is 13.8. The monoisotopic (exact) mass is 481 g/mol. The van der Waals surface area contributed by atoms with Gasteiger partial charge in [0.1, 0.15) is 12.2 Å². The number of carbonyl (C=O) groups excluding carboxylic acids is 1. The van der Waals surface area contributed by atoms with E-state index in [1.807, 2.05) is 6.92 Å². The van der Waals surface area contributed by atoms with Crippen molar-refractivity contribution in [1.82, 2.24) is 4.31 Å². The number of hydrogen-bond donors (Lipinski definition) is 0. The van der Waals surface area contributed by atoms with Gasteiger partial charge >= 0.3 is 17.3 Å². The van der Waals surface area contributed by atoms with E-state index in [1.54, 1.807) is 42.5 Å². The van der Waals surface area contributed by atoms with Gasteiger partial charge in [0.05, 0.1) is 23.1 Å². The number of nitrogens with zero attached hydrogens (tertiary/aromatic N) is 1. The van der Waals surface area contributed by atoms with Crippen LogP contribution in [0.2, 0.25) is 0 Å². The molecule has 0 spiro atoms. The van der Waals surface area contributed by atoms with E-state index < -0.39 is 51.7 Å². The van der Waals surface area contributed by atoms with E-state index in [0.29, 0.717) is 5.56 Å². The molecule has 2 aromatic rings. The molecule has 0 radical (unpaired) electrons. The van der Waals surface area contributed by atoms with E-state index in [1.165, 1.54) is 23.5 Å². The van der Waals surface area contributed by atoms with Crippen molar-refractivity contribution >= 4 is 27.4 Å². The number of sulfonamides is 1. The summed E-state index contributed by atoms with van der Waals surface area (Å²) in [6.07, 6.45) is -2.89. The van der Waals surface area contributed by atoms with Gasteiger partial charge < -0.3 is 9.47 Å². The van der Waals surface area contributed by atoms with Crippen molar-refractivity contribution in [2.24, 2.45) is 0 Å². The van der Waals surface area contributed by atoms with Gasteiger partial charge in [-0.2, -0.15) is 8.51 Å². The minimum atomic E-state index is -4.01. The fraction of sp³-hybridized carbons (Fsp3) is 0.381. The molecule has 0 aromatic heterocycles. The smallest absolute Gasteiger partial charge is 0.338 e. The maximum absolute atomic E-state index is 13.5. The minimum absolute atomic E-state index is 0.0724. The highest BCUT2D eigenvalue weighted by Gasteiger charge is 2.55. The second kappa shape index (κ2) is 9.38. The number of piperidine rings is 1. The van der Waals surface area contributed by atoms with Gasteiger partial charge in [-0.05, 0) is 31.2 Å². The first-order valence-electron chi connectivity index (χ1n) is 9.91. The molecule has 0 bridgehead atoms.